The lowest BCUT2D eigenvalue weighted by Crippen LogP contribution is -2.43. The predicted molar refractivity (Wildman–Crippen MR) is 65.4 cm³/mol. The van der Waals surface area contributed by atoms with Gasteiger partial charge in [0, 0.05) is 16.9 Å². The average Bonchev–Trinajstić information content (AvgIpc) is 2.74. The Morgan fingerprint density at radius 1 is 1.56 bits per heavy atom. The largest absolute Gasteiger partial charge is 0.383 e. The van der Waals surface area contributed by atoms with Crippen LogP contribution in [0.5, 0.6) is 0 Å². The minimum Gasteiger partial charge on any atom is -0.383 e. The fraction of sp³-hybridized carbons (Fsp3) is 0.545. The lowest BCUT2D eigenvalue weighted by molar-refractivity contribution is -0.123. The maximum Gasteiger partial charge on any atom is 0.239 e. The Morgan fingerprint density at radius 3 is 2.81 bits per heavy atom. The summed E-state index contributed by atoms with van der Waals surface area (Å²) in [5.41, 5.74) is 5.59. The van der Waals surface area contributed by atoms with E-state index in [2.05, 4.69) is 18.3 Å². The van der Waals surface area contributed by atoms with E-state index in [0.717, 1.165) is 11.3 Å². The van der Waals surface area contributed by atoms with E-state index in [9.17, 15) is 4.79 Å². The molecule has 1 amide bonds. The Hall–Kier alpha value is -0.910. The smallest absolute Gasteiger partial charge is 0.239 e. The van der Waals surface area contributed by atoms with Crippen LogP contribution in [0.25, 0.3) is 0 Å². The number of ether oxygens (including phenoxy) is 1. The third kappa shape index (κ3) is 3.92. The maximum atomic E-state index is 11.5. The van der Waals surface area contributed by atoms with Gasteiger partial charge in [-0.05, 0) is 18.6 Å². The van der Waals surface area contributed by atoms with Crippen molar-refractivity contribution in [3.05, 3.63) is 21.9 Å². The molecule has 4 nitrogen and oxygen atoms in total. The summed E-state index contributed by atoms with van der Waals surface area (Å²) >= 11 is 1.71. The van der Waals surface area contributed by atoms with Crippen molar-refractivity contribution in [2.75, 3.05) is 13.7 Å². The zero-order valence-corrected chi connectivity index (χ0v) is 10.5. The summed E-state index contributed by atoms with van der Waals surface area (Å²) in [6, 6.07) is 3.53. The summed E-state index contributed by atoms with van der Waals surface area (Å²) in [5.74, 6) is -0.173. The Labute approximate surface area is 99.8 Å². The molecule has 0 radical (unpaired) electrons. The van der Waals surface area contributed by atoms with E-state index in [1.807, 2.05) is 6.07 Å². The first kappa shape index (κ1) is 13.2. The molecule has 0 spiro atoms. The number of hydrogen-bond acceptors (Lipinski definition) is 4. The summed E-state index contributed by atoms with van der Waals surface area (Å²) in [5, 5.41) is 2.79. The molecule has 0 saturated carbocycles. The van der Waals surface area contributed by atoms with E-state index in [1.165, 1.54) is 12.0 Å². The van der Waals surface area contributed by atoms with Gasteiger partial charge in [-0.1, -0.05) is 6.92 Å². The highest BCUT2D eigenvalue weighted by atomic mass is 32.1. The summed E-state index contributed by atoms with van der Waals surface area (Å²) in [7, 11) is 1.53. The first-order valence-corrected chi connectivity index (χ1v) is 6.08. The summed E-state index contributed by atoms with van der Waals surface area (Å²) in [6.45, 7) is 2.90. The van der Waals surface area contributed by atoms with Gasteiger partial charge in [-0.25, -0.2) is 0 Å². The highest BCUT2D eigenvalue weighted by Crippen LogP contribution is 2.16. The number of carbonyl (C=O) groups excluding carboxylic acids is 1. The van der Waals surface area contributed by atoms with E-state index in [4.69, 9.17) is 10.5 Å². The third-order valence-electron chi connectivity index (χ3n) is 2.19. The Bertz CT molecular complexity index is 338. The van der Waals surface area contributed by atoms with Crippen molar-refractivity contribution in [2.45, 2.75) is 25.9 Å². The molecule has 0 aromatic carbocycles. The minimum absolute atomic E-state index is 0.173. The summed E-state index contributed by atoms with van der Waals surface area (Å²) in [6.07, 6.45) is 1.03. The van der Waals surface area contributed by atoms with Crippen LogP contribution < -0.4 is 11.1 Å². The standard InChI is InChI=1S/C11H18N2O2S/c1-3-8-4-5-9(16-8)6-13-11(14)10(12)7-15-2/h4-5,10H,3,6-7,12H2,1-2H3,(H,13,14). The van der Waals surface area contributed by atoms with Gasteiger partial charge in [0.1, 0.15) is 6.04 Å². The molecule has 0 aliphatic carbocycles. The molecule has 5 heteroatoms. The van der Waals surface area contributed by atoms with Crippen molar-refractivity contribution in [2.24, 2.45) is 5.73 Å². The first-order valence-electron chi connectivity index (χ1n) is 5.27. The summed E-state index contributed by atoms with van der Waals surface area (Å²) < 4.78 is 4.82. The van der Waals surface area contributed by atoms with Crippen LogP contribution in [0, 0.1) is 0 Å². The number of amides is 1. The lowest BCUT2D eigenvalue weighted by Gasteiger charge is -2.10. The van der Waals surface area contributed by atoms with Crippen LogP contribution in [-0.4, -0.2) is 25.7 Å². The van der Waals surface area contributed by atoms with E-state index < -0.39 is 6.04 Å². The highest BCUT2D eigenvalue weighted by Gasteiger charge is 2.12. The molecule has 1 unspecified atom stereocenters. The van der Waals surface area contributed by atoms with E-state index in [1.54, 1.807) is 11.3 Å². The molecule has 0 fully saturated rings. The molecule has 90 valence electrons. The number of rotatable bonds is 6. The van der Waals surface area contributed by atoms with E-state index in [0.29, 0.717) is 6.54 Å². The van der Waals surface area contributed by atoms with E-state index in [-0.39, 0.29) is 12.5 Å². The molecule has 1 aromatic rings. The van der Waals surface area contributed by atoms with Crippen LogP contribution in [0.2, 0.25) is 0 Å². The second-order valence-electron chi connectivity index (χ2n) is 3.50. The van der Waals surface area contributed by atoms with Gasteiger partial charge in [-0.3, -0.25) is 4.79 Å². The van der Waals surface area contributed by atoms with Gasteiger partial charge in [-0.15, -0.1) is 11.3 Å². The van der Waals surface area contributed by atoms with E-state index >= 15 is 0 Å². The normalized spacial score (nSPS) is 12.4. The Balaban J connectivity index is 2.36. The van der Waals surface area contributed by atoms with Crippen molar-refractivity contribution in [3.63, 3.8) is 0 Å². The molecule has 1 heterocycles. The molecule has 3 N–H and O–H groups in total. The van der Waals surface area contributed by atoms with Gasteiger partial charge < -0.3 is 15.8 Å². The quantitative estimate of drug-likeness (QED) is 0.779. The number of hydrogen-bond donors (Lipinski definition) is 2. The molecule has 0 bridgehead atoms. The second kappa shape index (κ2) is 6.62. The maximum absolute atomic E-state index is 11.5. The van der Waals surface area contributed by atoms with Crippen molar-refractivity contribution < 1.29 is 9.53 Å². The van der Waals surface area contributed by atoms with Crippen molar-refractivity contribution in [1.82, 2.24) is 5.32 Å². The van der Waals surface area contributed by atoms with Gasteiger partial charge in [0.2, 0.25) is 5.91 Å². The van der Waals surface area contributed by atoms with Crippen LogP contribution in [0.15, 0.2) is 12.1 Å². The highest BCUT2D eigenvalue weighted by molar-refractivity contribution is 7.11. The molecule has 1 rings (SSSR count). The molecule has 1 atom stereocenters. The van der Waals surface area contributed by atoms with Gasteiger partial charge in [0.05, 0.1) is 13.2 Å². The summed E-state index contributed by atoms with van der Waals surface area (Å²) in [4.78, 5) is 13.9. The third-order valence-corrected chi connectivity index (χ3v) is 3.42. The van der Waals surface area contributed by atoms with Crippen LogP contribution in [0.1, 0.15) is 16.7 Å². The number of thiophene rings is 1. The fourth-order valence-corrected chi connectivity index (χ4v) is 2.17. The number of carbonyl (C=O) groups is 1. The number of methoxy groups -OCH3 is 1. The SMILES string of the molecule is CCc1ccc(CNC(=O)C(N)COC)s1. The Morgan fingerprint density at radius 2 is 2.25 bits per heavy atom. The van der Waals surface area contributed by atoms with Crippen LogP contribution in [-0.2, 0) is 22.5 Å². The van der Waals surface area contributed by atoms with Crippen LogP contribution >= 0.6 is 11.3 Å². The molecule has 0 aliphatic rings. The number of nitrogens with two attached hydrogens (primary N) is 1. The lowest BCUT2D eigenvalue weighted by atomic mass is 10.3. The van der Waals surface area contributed by atoms with Crippen molar-refractivity contribution in [1.29, 1.82) is 0 Å². The van der Waals surface area contributed by atoms with Crippen molar-refractivity contribution in [3.8, 4) is 0 Å². The molecule has 0 saturated heterocycles. The molecular formula is C11H18N2O2S. The Kier molecular flexibility index (Phi) is 5.45. The zero-order chi connectivity index (χ0) is 12.0. The first-order chi connectivity index (χ1) is 7.67. The zero-order valence-electron chi connectivity index (χ0n) is 9.66. The topological polar surface area (TPSA) is 64.4 Å². The van der Waals surface area contributed by atoms with Crippen LogP contribution in [0.3, 0.4) is 0 Å². The molecule has 1 aromatic heterocycles. The van der Waals surface area contributed by atoms with Crippen LogP contribution in [0.4, 0.5) is 0 Å². The van der Waals surface area contributed by atoms with Gasteiger partial charge in [0.15, 0.2) is 0 Å². The fourth-order valence-electron chi connectivity index (χ4n) is 1.27. The van der Waals surface area contributed by atoms with Gasteiger partial charge in [0.25, 0.3) is 0 Å². The molecule has 0 aliphatic heterocycles. The number of aryl methyl sites for hydroxylation is 1. The average molecular weight is 242 g/mol. The molecular weight excluding hydrogens is 224 g/mol. The molecule has 16 heavy (non-hydrogen) atoms. The minimum atomic E-state index is -0.587. The monoisotopic (exact) mass is 242 g/mol. The predicted octanol–water partition coefficient (Wildman–Crippen LogP) is 0.900. The van der Waals surface area contributed by atoms with Crippen molar-refractivity contribution >= 4 is 17.2 Å². The van der Waals surface area contributed by atoms with Gasteiger partial charge in [-0.2, -0.15) is 0 Å². The number of nitrogens with one attached hydrogen (secondary N) is 1. The van der Waals surface area contributed by atoms with Gasteiger partial charge >= 0.3 is 0 Å². The second-order valence-corrected chi connectivity index (χ2v) is 4.75.